The summed E-state index contributed by atoms with van der Waals surface area (Å²) in [5, 5.41) is 12.4. The van der Waals surface area contributed by atoms with E-state index >= 15 is 0 Å². The minimum atomic E-state index is -0.0971. The first-order valence-electron chi connectivity index (χ1n) is 5.47. The summed E-state index contributed by atoms with van der Waals surface area (Å²) < 4.78 is 0. The maximum Gasteiger partial charge on any atom is 0.239 e. The molecule has 0 radical (unpaired) electrons. The number of hydrogen-bond acceptors (Lipinski definition) is 3. The Morgan fingerprint density at radius 1 is 1.53 bits per heavy atom. The van der Waals surface area contributed by atoms with Crippen molar-refractivity contribution in [3.8, 4) is 0 Å². The van der Waals surface area contributed by atoms with Crippen LogP contribution in [0.25, 0.3) is 0 Å². The van der Waals surface area contributed by atoms with E-state index in [2.05, 4.69) is 5.32 Å². The van der Waals surface area contributed by atoms with E-state index in [1.165, 1.54) is 0 Å². The molecule has 5 heteroatoms. The van der Waals surface area contributed by atoms with Crippen LogP contribution in [0.15, 0.2) is 18.2 Å². The first-order valence-corrected chi connectivity index (χ1v) is 5.85. The number of hydrogen-bond donors (Lipinski definition) is 2. The fourth-order valence-corrected chi connectivity index (χ4v) is 1.80. The Labute approximate surface area is 106 Å². The van der Waals surface area contributed by atoms with Crippen molar-refractivity contribution in [2.24, 2.45) is 0 Å². The standard InChI is InChI=1S/C12H17ClN2O2/c1-3-15(7-12(17)14-2)11-5-4-10(13)6-9(11)8-16/h4-6,16H,3,7-8H2,1-2H3,(H,14,17). The van der Waals surface area contributed by atoms with Crippen molar-refractivity contribution in [1.82, 2.24) is 5.32 Å². The van der Waals surface area contributed by atoms with Gasteiger partial charge in [0.05, 0.1) is 13.2 Å². The SMILES string of the molecule is CCN(CC(=O)NC)c1ccc(Cl)cc1CO. The van der Waals surface area contributed by atoms with Gasteiger partial charge >= 0.3 is 0 Å². The van der Waals surface area contributed by atoms with Crippen LogP contribution in [0.3, 0.4) is 0 Å². The van der Waals surface area contributed by atoms with Crippen LogP contribution >= 0.6 is 11.6 Å². The number of anilines is 1. The third kappa shape index (κ3) is 3.61. The zero-order chi connectivity index (χ0) is 12.8. The van der Waals surface area contributed by atoms with Gasteiger partial charge in [-0.05, 0) is 25.1 Å². The predicted molar refractivity (Wildman–Crippen MR) is 69.3 cm³/mol. The molecule has 17 heavy (non-hydrogen) atoms. The van der Waals surface area contributed by atoms with Gasteiger partial charge in [-0.15, -0.1) is 0 Å². The summed E-state index contributed by atoms with van der Waals surface area (Å²) in [6.07, 6.45) is 0. The van der Waals surface area contributed by atoms with E-state index < -0.39 is 0 Å². The average Bonchev–Trinajstić information content (AvgIpc) is 2.35. The van der Waals surface area contributed by atoms with Crippen LogP contribution < -0.4 is 10.2 Å². The number of nitrogens with one attached hydrogen (secondary N) is 1. The Bertz CT molecular complexity index is 396. The monoisotopic (exact) mass is 256 g/mol. The van der Waals surface area contributed by atoms with Gasteiger partial charge in [0.1, 0.15) is 0 Å². The molecule has 0 heterocycles. The molecular formula is C12H17ClN2O2. The van der Waals surface area contributed by atoms with Gasteiger partial charge in [-0.1, -0.05) is 11.6 Å². The second-order valence-electron chi connectivity index (χ2n) is 3.62. The minimum Gasteiger partial charge on any atom is -0.392 e. The van der Waals surface area contributed by atoms with Gasteiger partial charge in [0.15, 0.2) is 0 Å². The van der Waals surface area contributed by atoms with E-state index in [9.17, 15) is 9.90 Å². The molecule has 0 aromatic heterocycles. The molecular weight excluding hydrogens is 240 g/mol. The number of nitrogens with zero attached hydrogens (tertiary/aromatic N) is 1. The summed E-state index contributed by atoms with van der Waals surface area (Å²) in [7, 11) is 1.60. The highest BCUT2D eigenvalue weighted by molar-refractivity contribution is 6.30. The third-order valence-corrected chi connectivity index (χ3v) is 2.78. The smallest absolute Gasteiger partial charge is 0.239 e. The Morgan fingerprint density at radius 2 is 2.24 bits per heavy atom. The normalized spacial score (nSPS) is 10.1. The minimum absolute atomic E-state index is 0.0642. The highest BCUT2D eigenvalue weighted by atomic mass is 35.5. The number of carbonyl (C=O) groups excluding carboxylic acids is 1. The molecule has 0 aliphatic rings. The Kier molecular flexibility index (Phi) is 5.25. The second-order valence-corrected chi connectivity index (χ2v) is 4.05. The highest BCUT2D eigenvalue weighted by Crippen LogP contribution is 2.24. The van der Waals surface area contributed by atoms with Gasteiger partial charge in [0, 0.05) is 29.9 Å². The molecule has 1 aromatic carbocycles. The van der Waals surface area contributed by atoms with Crippen molar-refractivity contribution >= 4 is 23.2 Å². The van der Waals surface area contributed by atoms with Crippen LogP contribution in [0.5, 0.6) is 0 Å². The fourth-order valence-electron chi connectivity index (χ4n) is 1.61. The van der Waals surface area contributed by atoms with Crippen LogP contribution in [-0.4, -0.2) is 31.2 Å². The predicted octanol–water partition coefficient (Wildman–Crippen LogP) is 1.40. The molecule has 0 fully saturated rings. The highest BCUT2D eigenvalue weighted by Gasteiger charge is 2.12. The average molecular weight is 257 g/mol. The molecule has 0 bridgehead atoms. The topological polar surface area (TPSA) is 52.6 Å². The van der Waals surface area contributed by atoms with Crippen molar-refractivity contribution in [3.63, 3.8) is 0 Å². The van der Waals surface area contributed by atoms with Gasteiger partial charge in [0.25, 0.3) is 0 Å². The molecule has 0 atom stereocenters. The summed E-state index contributed by atoms with van der Waals surface area (Å²) in [4.78, 5) is 13.3. The molecule has 0 aliphatic carbocycles. The number of benzene rings is 1. The van der Waals surface area contributed by atoms with Crippen LogP contribution in [0.1, 0.15) is 12.5 Å². The fraction of sp³-hybridized carbons (Fsp3) is 0.417. The van der Waals surface area contributed by atoms with Gasteiger partial charge in [-0.25, -0.2) is 0 Å². The molecule has 1 amide bonds. The number of halogens is 1. The lowest BCUT2D eigenvalue weighted by atomic mass is 10.1. The van der Waals surface area contributed by atoms with Gasteiger partial charge in [-0.3, -0.25) is 4.79 Å². The van der Waals surface area contributed by atoms with E-state index in [1.54, 1.807) is 19.2 Å². The number of likely N-dealkylation sites (N-methyl/N-ethyl adjacent to an activating group) is 2. The van der Waals surface area contributed by atoms with Crippen LogP contribution in [-0.2, 0) is 11.4 Å². The van der Waals surface area contributed by atoms with Crippen LogP contribution in [0.4, 0.5) is 5.69 Å². The zero-order valence-corrected chi connectivity index (χ0v) is 10.8. The lowest BCUT2D eigenvalue weighted by molar-refractivity contribution is -0.119. The summed E-state index contributed by atoms with van der Waals surface area (Å²) >= 11 is 5.87. The maximum absolute atomic E-state index is 11.4. The van der Waals surface area contributed by atoms with E-state index in [0.717, 1.165) is 11.3 Å². The number of rotatable bonds is 5. The summed E-state index contributed by atoms with van der Waals surface area (Å²) in [6.45, 7) is 2.81. The molecule has 0 aliphatic heterocycles. The van der Waals surface area contributed by atoms with Crippen molar-refractivity contribution < 1.29 is 9.90 Å². The lowest BCUT2D eigenvalue weighted by Crippen LogP contribution is -2.36. The molecule has 0 saturated carbocycles. The van der Waals surface area contributed by atoms with Crippen molar-refractivity contribution in [1.29, 1.82) is 0 Å². The number of amides is 1. The first kappa shape index (κ1) is 13.8. The Balaban J connectivity index is 2.98. The molecule has 0 spiro atoms. The molecule has 2 N–H and O–H groups in total. The summed E-state index contributed by atoms with van der Waals surface area (Å²) in [5.74, 6) is -0.0642. The van der Waals surface area contributed by atoms with Crippen LogP contribution in [0.2, 0.25) is 5.02 Å². The van der Waals surface area contributed by atoms with E-state index in [-0.39, 0.29) is 19.1 Å². The number of carbonyl (C=O) groups is 1. The molecule has 0 saturated heterocycles. The van der Waals surface area contributed by atoms with Gasteiger partial charge in [-0.2, -0.15) is 0 Å². The number of aliphatic hydroxyl groups excluding tert-OH is 1. The third-order valence-electron chi connectivity index (χ3n) is 2.55. The number of aliphatic hydroxyl groups is 1. The van der Waals surface area contributed by atoms with E-state index in [1.807, 2.05) is 17.9 Å². The van der Waals surface area contributed by atoms with Crippen molar-refractivity contribution in [2.75, 3.05) is 25.0 Å². The second kappa shape index (κ2) is 6.47. The first-order chi connectivity index (χ1) is 8.12. The van der Waals surface area contributed by atoms with Gasteiger partial charge < -0.3 is 15.3 Å². The van der Waals surface area contributed by atoms with Crippen molar-refractivity contribution in [3.05, 3.63) is 28.8 Å². The molecule has 1 aromatic rings. The molecule has 0 unspecified atom stereocenters. The quantitative estimate of drug-likeness (QED) is 0.838. The maximum atomic E-state index is 11.4. The zero-order valence-electron chi connectivity index (χ0n) is 10.0. The van der Waals surface area contributed by atoms with Crippen molar-refractivity contribution in [2.45, 2.75) is 13.5 Å². The Morgan fingerprint density at radius 3 is 2.76 bits per heavy atom. The lowest BCUT2D eigenvalue weighted by Gasteiger charge is -2.24. The summed E-state index contributed by atoms with van der Waals surface area (Å²) in [6, 6.07) is 5.28. The van der Waals surface area contributed by atoms with E-state index in [4.69, 9.17) is 11.6 Å². The summed E-state index contributed by atoms with van der Waals surface area (Å²) in [5.41, 5.74) is 1.56. The van der Waals surface area contributed by atoms with Gasteiger partial charge in [0.2, 0.25) is 5.91 Å². The van der Waals surface area contributed by atoms with Crippen LogP contribution in [0, 0.1) is 0 Å². The molecule has 4 nitrogen and oxygen atoms in total. The largest absolute Gasteiger partial charge is 0.392 e. The molecule has 1 rings (SSSR count). The van der Waals surface area contributed by atoms with E-state index in [0.29, 0.717) is 11.6 Å². The Hall–Kier alpha value is -1.26. The molecule has 94 valence electrons.